The summed E-state index contributed by atoms with van der Waals surface area (Å²) in [5.74, 6) is -0.279. The zero-order chi connectivity index (χ0) is 24.6. The van der Waals surface area contributed by atoms with Gasteiger partial charge in [0.05, 0.1) is 23.7 Å². The minimum absolute atomic E-state index is 0.112. The van der Waals surface area contributed by atoms with Gasteiger partial charge in [-0.25, -0.2) is 5.43 Å². The molecule has 4 aromatic rings. The molecule has 6 nitrogen and oxygen atoms in total. The standard InChI is InChI=1S/C30H25N5O/c36-30(26-17-19-31-20-18-26)33-32-22-24-12-15-28(16-13-24)35-29(25-9-5-2-6-10-25)21-27(34-35)14-11-23-7-3-1-4-8-23/h1-20,22,29H,21H2,(H,33,36)/b14-11+,32-22-/t29-/m0/s1. The molecule has 1 amide bonds. The number of benzene rings is 3. The molecular weight excluding hydrogens is 446 g/mol. The van der Waals surface area contributed by atoms with E-state index in [1.54, 1.807) is 30.7 Å². The molecule has 0 bridgehead atoms. The van der Waals surface area contributed by atoms with Crippen molar-refractivity contribution in [3.63, 3.8) is 0 Å². The molecule has 5 rings (SSSR count). The predicted molar refractivity (Wildman–Crippen MR) is 145 cm³/mol. The second kappa shape index (κ2) is 11.1. The number of carbonyl (C=O) groups is 1. The van der Waals surface area contributed by atoms with E-state index in [1.807, 2.05) is 48.5 Å². The molecule has 0 fully saturated rings. The fourth-order valence-corrected chi connectivity index (χ4v) is 4.01. The van der Waals surface area contributed by atoms with E-state index in [9.17, 15) is 4.79 Å². The van der Waals surface area contributed by atoms with Crippen molar-refractivity contribution in [2.45, 2.75) is 12.5 Å². The summed E-state index contributed by atoms with van der Waals surface area (Å²) >= 11 is 0. The third kappa shape index (κ3) is 5.62. The first-order valence-corrected chi connectivity index (χ1v) is 11.7. The van der Waals surface area contributed by atoms with Crippen LogP contribution in [0.25, 0.3) is 6.08 Å². The molecule has 0 unspecified atom stereocenters. The minimum atomic E-state index is -0.279. The molecule has 0 saturated heterocycles. The molecule has 36 heavy (non-hydrogen) atoms. The number of hydrogen-bond donors (Lipinski definition) is 1. The van der Waals surface area contributed by atoms with Crippen LogP contribution in [0, 0.1) is 0 Å². The highest BCUT2D eigenvalue weighted by molar-refractivity contribution is 6.01. The van der Waals surface area contributed by atoms with Gasteiger partial charge in [-0.2, -0.15) is 10.2 Å². The number of nitrogens with one attached hydrogen (secondary N) is 1. The molecule has 1 atom stereocenters. The molecule has 0 spiro atoms. The maximum Gasteiger partial charge on any atom is 0.271 e. The zero-order valence-electron chi connectivity index (χ0n) is 19.6. The first-order chi connectivity index (χ1) is 17.8. The third-order valence-electron chi connectivity index (χ3n) is 5.87. The Balaban J connectivity index is 1.32. The van der Waals surface area contributed by atoms with Gasteiger partial charge in [0.15, 0.2) is 0 Å². The molecule has 3 aromatic carbocycles. The Morgan fingerprint density at radius 2 is 1.53 bits per heavy atom. The predicted octanol–water partition coefficient (Wildman–Crippen LogP) is 5.87. The monoisotopic (exact) mass is 471 g/mol. The van der Waals surface area contributed by atoms with E-state index in [-0.39, 0.29) is 11.9 Å². The largest absolute Gasteiger partial charge is 0.271 e. The van der Waals surface area contributed by atoms with Crippen molar-refractivity contribution in [3.05, 3.63) is 138 Å². The smallest absolute Gasteiger partial charge is 0.267 e. The van der Waals surface area contributed by atoms with E-state index < -0.39 is 0 Å². The van der Waals surface area contributed by atoms with Gasteiger partial charge in [0.1, 0.15) is 0 Å². The molecule has 2 heterocycles. The average molecular weight is 472 g/mol. The lowest BCUT2D eigenvalue weighted by Gasteiger charge is -2.24. The number of pyridine rings is 1. The zero-order valence-corrected chi connectivity index (χ0v) is 19.6. The maximum absolute atomic E-state index is 12.1. The molecular formula is C30H25N5O. The summed E-state index contributed by atoms with van der Waals surface area (Å²) in [5, 5.41) is 11.1. The highest BCUT2D eigenvalue weighted by Crippen LogP contribution is 2.35. The SMILES string of the molecule is O=C(N/N=C\c1ccc(N2N=C(/C=C/c3ccccc3)C[C@H]2c2ccccc2)cc1)c1ccncc1. The van der Waals surface area contributed by atoms with Crippen LogP contribution in [0.5, 0.6) is 0 Å². The third-order valence-corrected chi connectivity index (χ3v) is 5.87. The first kappa shape index (κ1) is 22.9. The van der Waals surface area contributed by atoms with E-state index >= 15 is 0 Å². The van der Waals surface area contributed by atoms with Crippen LogP contribution < -0.4 is 10.4 Å². The van der Waals surface area contributed by atoms with Gasteiger partial charge >= 0.3 is 0 Å². The number of hydrogen-bond acceptors (Lipinski definition) is 5. The molecule has 6 heteroatoms. The number of amides is 1. The lowest BCUT2D eigenvalue weighted by atomic mass is 10.0. The van der Waals surface area contributed by atoms with Gasteiger partial charge in [-0.15, -0.1) is 0 Å². The second-order valence-corrected chi connectivity index (χ2v) is 8.34. The van der Waals surface area contributed by atoms with Gasteiger partial charge in [-0.3, -0.25) is 14.8 Å². The van der Waals surface area contributed by atoms with Crippen molar-refractivity contribution < 1.29 is 4.79 Å². The summed E-state index contributed by atoms with van der Waals surface area (Å²) in [6, 6.07) is 32.0. The Morgan fingerprint density at radius 1 is 0.833 bits per heavy atom. The van der Waals surface area contributed by atoms with Crippen LogP contribution in [0.15, 0.2) is 126 Å². The molecule has 0 aliphatic carbocycles. The van der Waals surface area contributed by atoms with E-state index in [0.717, 1.165) is 28.9 Å². The highest BCUT2D eigenvalue weighted by atomic mass is 16.2. The molecule has 0 radical (unpaired) electrons. The molecule has 1 aromatic heterocycles. The highest BCUT2D eigenvalue weighted by Gasteiger charge is 2.28. The van der Waals surface area contributed by atoms with Crippen LogP contribution in [0.3, 0.4) is 0 Å². The van der Waals surface area contributed by atoms with E-state index in [4.69, 9.17) is 5.10 Å². The van der Waals surface area contributed by atoms with Gasteiger partial charge in [-0.05, 0) is 47.0 Å². The lowest BCUT2D eigenvalue weighted by Crippen LogP contribution is -2.18. The fourth-order valence-electron chi connectivity index (χ4n) is 4.01. The molecule has 1 aliphatic heterocycles. The Labute approximate surface area is 210 Å². The van der Waals surface area contributed by atoms with Gasteiger partial charge < -0.3 is 0 Å². The molecule has 176 valence electrons. The van der Waals surface area contributed by atoms with E-state index in [0.29, 0.717) is 5.56 Å². The van der Waals surface area contributed by atoms with Crippen molar-refractivity contribution in [3.8, 4) is 0 Å². The fraction of sp³-hybridized carbons (Fsp3) is 0.0667. The first-order valence-electron chi connectivity index (χ1n) is 11.7. The Kier molecular flexibility index (Phi) is 7.04. The van der Waals surface area contributed by atoms with Crippen LogP contribution in [-0.2, 0) is 0 Å². The number of hydrazone groups is 2. The van der Waals surface area contributed by atoms with Gasteiger partial charge in [0.2, 0.25) is 0 Å². The minimum Gasteiger partial charge on any atom is -0.267 e. The van der Waals surface area contributed by atoms with E-state index in [1.165, 1.54) is 5.56 Å². The Bertz CT molecular complexity index is 1380. The summed E-state index contributed by atoms with van der Waals surface area (Å²) in [4.78, 5) is 16.0. The Morgan fingerprint density at radius 3 is 2.25 bits per heavy atom. The molecule has 1 aliphatic rings. The van der Waals surface area contributed by atoms with Crippen molar-refractivity contribution in [2.75, 3.05) is 5.01 Å². The summed E-state index contributed by atoms with van der Waals surface area (Å²) in [7, 11) is 0. The van der Waals surface area contributed by atoms with Gasteiger partial charge in [0, 0.05) is 24.4 Å². The number of anilines is 1. The van der Waals surface area contributed by atoms with Gasteiger partial charge in [0.25, 0.3) is 5.91 Å². The quantitative estimate of drug-likeness (QED) is 0.271. The van der Waals surface area contributed by atoms with Crippen LogP contribution in [-0.4, -0.2) is 22.8 Å². The Hall–Kier alpha value is -4.84. The summed E-state index contributed by atoms with van der Waals surface area (Å²) in [5.41, 5.74) is 8.30. The topological polar surface area (TPSA) is 70.0 Å². The molecule has 1 N–H and O–H groups in total. The van der Waals surface area contributed by atoms with Crippen molar-refractivity contribution in [1.82, 2.24) is 10.4 Å². The maximum atomic E-state index is 12.1. The second-order valence-electron chi connectivity index (χ2n) is 8.34. The van der Waals surface area contributed by atoms with Crippen LogP contribution in [0.4, 0.5) is 5.69 Å². The van der Waals surface area contributed by atoms with E-state index in [2.05, 4.69) is 69.1 Å². The number of allylic oxidation sites excluding steroid dienone is 1. The van der Waals surface area contributed by atoms with Gasteiger partial charge in [-0.1, -0.05) is 78.9 Å². The van der Waals surface area contributed by atoms with Crippen LogP contribution in [0.2, 0.25) is 0 Å². The summed E-state index contributed by atoms with van der Waals surface area (Å²) in [6.07, 6.45) is 9.78. The normalized spacial score (nSPS) is 15.4. The van der Waals surface area contributed by atoms with Crippen LogP contribution in [0.1, 0.15) is 39.5 Å². The van der Waals surface area contributed by atoms with Crippen molar-refractivity contribution in [1.29, 1.82) is 0 Å². The average Bonchev–Trinajstić information content (AvgIpc) is 3.38. The number of carbonyl (C=O) groups excluding carboxylic acids is 1. The summed E-state index contributed by atoms with van der Waals surface area (Å²) < 4.78 is 0. The molecule has 0 saturated carbocycles. The number of aromatic nitrogens is 1. The number of rotatable bonds is 7. The van der Waals surface area contributed by atoms with Crippen LogP contribution >= 0.6 is 0 Å². The van der Waals surface area contributed by atoms with Crippen molar-refractivity contribution in [2.24, 2.45) is 10.2 Å². The van der Waals surface area contributed by atoms with Crippen molar-refractivity contribution >= 4 is 29.6 Å². The lowest BCUT2D eigenvalue weighted by molar-refractivity contribution is 0.0955. The number of nitrogens with zero attached hydrogens (tertiary/aromatic N) is 4. The summed E-state index contributed by atoms with van der Waals surface area (Å²) in [6.45, 7) is 0.